The summed E-state index contributed by atoms with van der Waals surface area (Å²) in [4.78, 5) is 0. The summed E-state index contributed by atoms with van der Waals surface area (Å²) in [6.45, 7) is 0.976. The summed E-state index contributed by atoms with van der Waals surface area (Å²) >= 11 is 2.35. The minimum atomic E-state index is 0.976. The summed E-state index contributed by atoms with van der Waals surface area (Å²) in [6.07, 6.45) is 1.06. The molecule has 2 aromatic rings. The minimum absolute atomic E-state index is 0.976. The van der Waals surface area contributed by atoms with E-state index in [0.717, 1.165) is 13.0 Å². The first-order valence-electron chi connectivity index (χ1n) is 5.38. The molecular weight excluding hydrogens is 309 g/mol. The van der Waals surface area contributed by atoms with Crippen molar-refractivity contribution in [3.8, 4) is 0 Å². The molecule has 82 valence electrons. The van der Waals surface area contributed by atoms with E-state index in [-0.39, 0.29) is 0 Å². The first kappa shape index (κ1) is 11.5. The predicted molar refractivity (Wildman–Crippen MR) is 77.8 cm³/mol. The number of anilines is 1. The average molecular weight is 323 g/mol. The smallest absolute Gasteiger partial charge is 0.0475 e. The Morgan fingerprint density at radius 3 is 2.31 bits per heavy atom. The molecule has 1 N–H and O–H groups in total. The van der Waals surface area contributed by atoms with Crippen LogP contribution in [0.1, 0.15) is 5.56 Å². The first-order valence-corrected chi connectivity index (χ1v) is 6.46. The van der Waals surface area contributed by atoms with Gasteiger partial charge >= 0.3 is 0 Å². The Hall–Kier alpha value is -1.03. The molecule has 1 nitrogen and oxygen atoms in total. The highest BCUT2D eigenvalue weighted by molar-refractivity contribution is 14.1. The van der Waals surface area contributed by atoms with Gasteiger partial charge in [-0.1, -0.05) is 42.5 Å². The third-order valence-electron chi connectivity index (χ3n) is 2.45. The minimum Gasteiger partial charge on any atom is -0.384 e. The fourth-order valence-corrected chi connectivity index (χ4v) is 2.17. The molecule has 2 rings (SSSR count). The van der Waals surface area contributed by atoms with Crippen LogP contribution in [0.2, 0.25) is 0 Å². The van der Waals surface area contributed by atoms with E-state index in [2.05, 4.69) is 82.5 Å². The molecule has 0 bridgehead atoms. The van der Waals surface area contributed by atoms with Gasteiger partial charge in [-0.15, -0.1) is 0 Å². The maximum Gasteiger partial charge on any atom is 0.0475 e. The van der Waals surface area contributed by atoms with E-state index in [1.165, 1.54) is 14.8 Å². The van der Waals surface area contributed by atoms with E-state index >= 15 is 0 Å². The fourth-order valence-electron chi connectivity index (χ4n) is 1.59. The highest BCUT2D eigenvalue weighted by atomic mass is 127. The zero-order valence-electron chi connectivity index (χ0n) is 8.99. The van der Waals surface area contributed by atoms with Gasteiger partial charge < -0.3 is 5.32 Å². The van der Waals surface area contributed by atoms with Gasteiger partial charge in [0.05, 0.1) is 0 Å². The van der Waals surface area contributed by atoms with Crippen molar-refractivity contribution in [1.82, 2.24) is 0 Å². The molecule has 0 saturated heterocycles. The summed E-state index contributed by atoms with van der Waals surface area (Å²) < 4.78 is 1.27. The molecule has 2 aromatic carbocycles. The fraction of sp³-hybridized carbons (Fsp3) is 0.143. The van der Waals surface area contributed by atoms with E-state index in [1.54, 1.807) is 0 Å². The molecule has 0 radical (unpaired) electrons. The monoisotopic (exact) mass is 323 g/mol. The maximum atomic E-state index is 3.45. The Balaban J connectivity index is 1.87. The van der Waals surface area contributed by atoms with Gasteiger partial charge in [0.1, 0.15) is 0 Å². The van der Waals surface area contributed by atoms with E-state index in [1.807, 2.05) is 0 Å². The number of hydrogen-bond acceptors (Lipinski definition) is 1. The molecule has 0 aliphatic carbocycles. The summed E-state index contributed by atoms with van der Waals surface area (Å²) in [6, 6.07) is 18.9. The van der Waals surface area contributed by atoms with Crippen molar-refractivity contribution in [2.45, 2.75) is 6.42 Å². The third-order valence-corrected chi connectivity index (χ3v) is 3.39. The lowest BCUT2D eigenvalue weighted by Crippen LogP contribution is -2.05. The summed E-state index contributed by atoms with van der Waals surface area (Å²) in [5.74, 6) is 0. The lowest BCUT2D eigenvalue weighted by atomic mass is 10.1. The standard InChI is InChI=1S/C14H14IN/c15-13-8-4-5-9-14(13)16-11-10-12-6-2-1-3-7-12/h1-9,16H,10-11H2. The van der Waals surface area contributed by atoms with Gasteiger partial charge in [-0.3, -0.25) is 0 Å². The second kappa shape index (κ2) is 5.89. The van der Waals surface area contributed by atoms with Crippen molar-refractivity contribution < 1.29 is 0 Å². The molecule has 0 aromatic heterocycles. The maximum absolute atomic E-state index is 3.45. The van der Waals surface area contributed by atoms with Crippen molar-refractivity contribution in [2.24, 2.45) is 0 Å². The van der Waals surface area contributed by atoms with Crippen LogP contribution in [0.4, 0.5) is 5.69 Å². The van der Waals surface area contributed by atoms with Crippen LogP contribution in [-0.2, 0) is 6.42 Å². The van der Waals surface area contributed by atoms with Gasteiger partial charge in [-0.05, 0) is 46.7 Å². The topological polar surface area (TPSA) is 12.0 Å². The normalized spacial score (nSPS) is 10.1. The lowest BCUT2D eigenvalue weighted by molar-refractivity contribution is 1.02. The van der Waals surface area contributed by atoms with Crippen molar-refractivity contribution in [3.05, 3.63) is 63.7 Å². The number of halogens is 1. The van der Waals surface area contributed by atoms with E-state index in [4.69, 9.17) is 0 Å². The number of benzene rings is 2. The molecule has 2 heteroatoms. The SMILES string of the molecule is Ic1ccccc1NCCc1ccccc1. The van der Waals surface area contributed by atoms with Gasteiger partial charge in [0.2, 0.25) is 0 Å². The highest BCUT2D eigenvalue weighted by Crippen LogP contribution is 2.16. The van der Waals surface area contributed by atoms with Crippen LogP contribution in [0.3, 0.4) is 0 Å². The van der Waals surface area contributed by atoms with Gasteiger partial charge in [0.15, 0.2) is 0 Å². The van der Waals surface area contributed by atoms with Crippen molar-refractivity contribution in [3.63, 3.8) is 0 Å². The molecule has 0 saturated carbocycles. The lowest BCUT2D eigenvalue weighted by Gasteiger charge is -2.08. The molecule has 0 atom stereocenters. The molecular formula is C14H14IN. The Labute approximate surface area is 110 Å². The predicted octanol–water partition coefficient (Wildman–Crippen LogP) is 3.95. The van der Waals surface area contributed by atoms with Crippen LogP contribution in [0.25, 0.3) is 0 Å². The molecule has 0 amide bonds. The molecule has 0 heterocycles. The summed E-state index contributed by atoms with van der Waals surface area (Å²) in [5.41, 5.74) is 2.60. The Morgan fingerprint density at radius 2 is 1.56 bits per heavy atom. The van der Waals surface area contributed by atoms with E-state index in [9.17, 15) is 0 Å². The number of rotatable bonds is 4. The zero-order valence-corrected chi connectivity index (χ0v) is 11.1. The molecule has 0 fully saturated rings. The van der Waals surface area contributed by atoms with E-state index in [0.29, 0.717) is 0 Å². The van der Waals surface area contributed by atoms with Crippen LogP contribution in [0.5, 0.6) is 0 Å². The van der Waals surface area contributed by atoms with Crippen molar-refractivity contribution in [1.29, 1.82) is 0 Å². The van der Waals surface area contributed by atoms with Crippen LogP contribution < -0.4 is 5.32 Å². The van der Waals surface area contributed by atoms with Crippen LogP contribution in [0.15, 0.2) is 54.6 Å². The summed E-state index contributed by atoms with van der Waals surface area (Å²) in [5, 5.41) is 3.45. The average Bonchev–Trinajstić information content (AvgIpc) is 2.33. The number of nitrogens with one attached hydrogen (secondary N) is 1. The van der Waals surface area contributed by atoms with Crippen LogP contribution >= 0.6 is 22.6 Å². The van der Waals surface area contributed by atoms with E-state index < -0.39 is 0 Å². The Kier molecular flexibility index (Phi) is 4.22. The summed E-state index contributed by atoms with van der Waals surface area (Å²) in [7, 11) is 0. The van der Waals surface area contributed by atoms with Crippen LogP contribution in [0, 0.1) is 3.57 Å². The third kappa shape index (κ3) is 3.23. The van der Waals surface area contributed by atoms with Gasteiger partial charge in [0, 0.05) is 15.8 Å². The van der Waals surface area contributed by atoms with Gasteiger partial charge in [0.25, 0.3) is 0 Å². The molecule has 16 heavy (non-hydrogen) atoms. The second-order valence-corrected chi connectivity index (χ2v) is 4.80. The molecule has 0 aliphatic heterocycles. The zero-order chi connectivity index (χ0) is 11.2. The van der Waals surface area contributed by atoms with Gasteiger partial charge in [-0.2, -0.15) is 0 Å². The molecule has 0 spiro atoms. The van der Waals surface area contributed by atoms with Crippen molar-refractivity contribution >= 4 is 28.3 Å². The molecule has 0 aliphatic rings. The number of para-hydroxylation sites is 1. The first-order chi connectivity index (χ1) is 7.86. The van der Waals surface area contributed by atoms with Gasteiger partial charge in [-0.25, -0.2) is 0 Å². The molecule has 0 unspecified atom stereocenters. The quantitative estimate of drug-likeness (QED) is 0.840. The second-order valence-electron chi connectivity index (χ2n) is 3.64. The number of hydrogen-bond donors (Lipinski definition) is 1. The Bertz CT molecular complexity index is 439. The largest absolute Gasteiger partial charge is 0.384 e. The van der Waals surface area contributed by atoms with Crippen LogP contribution in [-0.4, -0.2) is 6.54 Å². The van der Waals surface area contributed by atoms with Crippen molar-refractivity contribution in [2.75, 3.05) is 11.9 Å². The Morgan fingerprint density at radius 1 is 0.875 bits per heavy atom. The highest BCUT2D eigenvalue weighted by Gasteiger charge is 1.96.